The summed E-state index contributed by atoms with van der Waals surface area (Å²) in [6.45, 7) is 3.28. The van der Waals surface area contributed by atoms with Crippen LogP contribution in [0.1, 0.15) is 28.9 Å². The number of para-hydroxylation sites is 1. The van der Waals surface area contributed by atoms with Crippen LogP contribution in [0.15, 0.2) is 42.6 Å². The Labute approximate surface area is 179 Å². The van der Waals surface area contributed by atoms with Crippen LogP contribution < -0.4 is 15.5 Å². The third-order valence-electron chi connectivity index (χ3n) is 5.65. The lowest BCUT2D eigenvalue weighted by Gasteiger charge is -2.31. The van der Waals surface area contributed by atoms with Crippen molar-refractivity contribution < 1.29 is 14.3 Å². The van der Waals surface area contributed by atoms with Gasteiger partial charge in [-0.2, -0.15) is 0 Å². The normalized spacial score (nSPS) is 18.0. The maximum Gasteiger partial charge on any atom is 0.257 e. The molecule has 0 aliphatic carbocycles. The summed E-state index contributed by atoms with van der Waals surface area (Å²) in [5.74, 6) is 0.230. The van der Waals surface area contributed by atoms with Crippen molar-refractivity contribution in [1.29, 1.82) is 0 Å². The minimum absolute atomic E-state index is 0.0115. The Morgan fingerprint density at radius 1 is 1.32 bits per heavy atom. The molecular weight excluding hydrogens is 394 g/mol. The number of nitrogens with one attached hydrogen (secondary N) is 2. The fourth-order valence-corrected chi connectivity index (χ4v) is 4.04. The van der Waals surface area contributed by atoms with Crippen LogP contribution in [-0.2, 0) is 9.53 Å². The predicted molar refractivity (Wildman–Crippen MR) is 118 cm³/mol. The Bertz CT molecular complexity index is 1170. The smallest absolute Gasteiger partial charge is 0.257 e. The maximum absolute atomic E-state index is 13.0. The minimum atomic E-state index is -0.304. The molecule has 8 nitrogen and oxygen atoms in total. The molecule has 5 rings (SSSR count). The summed E-state index contributed by atoms with van der Waals surface area (Å²) >= 11 is 0. The summed E-state index contributed by atoms with van der Waals surface area (Å²) in [5.41, 5.74) is 3.22. The van der Waals surface area contributed by atoms with Crippen molar-refractivity contribution in [2.75, 3.05) is 35.2 Å². The monoisotopic (exact) mass is 417 g/mol. The third kappa shape index (κ3) is 3.82. The van der Waals surface area contributed by atoms with E-state index >= 15 is 0 Å². The Hall–Kier alpha value is -3.52. The van der Waals surface area contributed by atoms with E-state index < -0.39 is 0 Å². The van der Waals surface area contributed by atoms with Crippen LogP contribution in [0.5, 0.6) is 0 Å². The Balaban J connectivity index is 1.44. The number of hydrogen-bond acceptors (Lipinski definition) is 6. The van der Waals surface area contributed by atoms with Crippen LogP contribution >= 0.6 is 0 Å². The van der Waals surface area contributed by atoms with E-state index in [2.05, 4.69) is 20.6 Å². The van der Waals surface area contributed by atoms with Crippen LogP contribution in [0, 0.1) is 6.92 Å². The van der Waals surface area contributed by atoms with Crippen LogP contribution in [0.3, 0.4) is 0 Å². The fourth-order valence-electron chi connectivity index (χ4n) is 4.04. The molecule has 2 aliphatic heterocycles. The molecule has 0 radical (unpaired) electrons. The zero-order chi connectivity index (χ0) is 21.4. The Morgan fingerprint density at radius 3 is 3.06 bits per heavy atom. The molecule has 2 amide bonds. The summed E-state index contributed by atoms with van der Waals surface area (Å²) in [6.07, 6.45) is 3.45. The highest BCUT2D eigenvalue weighted by atomic mass is 16.5. The number of pyridine rings is 2. The number of aryl methyl sites for hydroxylation is 1. The first-order valence-corrected chi connectivity index (χ1v) is 10.4. The largest absolute Gasteiger partial charge is 0.376 e. The second-order valence-corrected chi connectivity index (χ2v) is 7.87. The number of carbonyl (C=O) groups is 2. The lowest BCUT2D eigenvalue weighted by molar-refractivity contribution is -0.117. The number of amides is 2. The number of fused-ring (bicyclic) bond motifs is 2. The van der Waals surface area contributed by atoms with Gasteiger partial charge in [0, 0.05) is 23.9 Å². The predicted octanol–water partition coefficient (Wildman–Crippen LogP) is 3.13. The molecule has 1 aromatic carbocycles. The molecule has 2 aromatic heterocycles. The van der Waals surface area contributed by atoms with E-state index in [4.69, 9.17) is 4.74 Å². The summed E-state index contributed by atoms with van der Waals surface area (Å²) < 4.78 is 5.71. The second kappa shape index (κ2) is 7.96. The topological polar surface area (TPSA) is 96.5 Å². The maximum atomic E-state index is 13.0. The van der Waals surface area contributed by atoms with Gasteiger partial charge >= 0.3 is 0 Å². The Kier molecular flexibility index (Phi) is 4.99. The van der Waals surface area contributed by atoms with Crippen molar-refractivity contribution in [2.45, 2.75) is 25.9 Å². The van der Waals surface area contributed by atoms with Crippen molar-refractivity contribution in [3.63, 3.8) is 0 Å². The highest BCUT2D eigenvalue weighted by Crippen LogP contribution is 2.30. The molecule has 0 spiro atoms. The molecular formula is C23H23N5O3. The average Bonchev–Trinajstić information content (AvgIpc) is 3.29. The highest BCUT2D eigenvalue weighted by Gasteiger charge is 2.29. The zero-order valence-electron chi connectivity index (χ0n) is 17.2. The number of benzene rings is 1. The molecule has 0 bridgehead atoms. The van der Waals surface area contributed by atoms with E-state index in [0.717, 1.165) is 36.0 Å². The van der Waals surface area contributed by atoms with Crippen molar-refractivity contribution >= 4 is 39.9 Å². The van der Waals surface area contributed by atoms with Gasteiger partial charge in [0.05, 0.1) is 41.6 Å². The molecule has 158 valence electrons. The Morgan fingerprint density at radius 2 is 2.23 bits per heavy atom. The molecule has 1 unspecified atom stereocenters. The van der Waals surface area contributed by atoms with Crippen molar-refractivity contribution in [3.05, 3.63) is 53.9 Å². The van der Waals surface area contributed by atoms with Crippen LogP contribution in [0.2, 0.25) is 0 Å². The van der Waals surface area contributed by atoms with Crippen molar-refractivity contribution in [1.82, 2.24) is 9.97 Å². The van der Waals surface area contributed by atoms with E-state index in [0.29, 0.717) is 29.3 Å². The number of carbonyl (C=O) groups excluding carboxylic acids is 2. The number of rotatable bonds is 4. The highest BCUT2D eigenvalue weighted by molar-refractivity contribution is 6.10. The van der Waals surface area contributed by atoms with Crippen LogP contribution in [0.25, 0.3) is 10.9 Å². The molecule has 31 heavy (non-hydrogen) atoms. The minimum Gasteiger partial charge on any atom is -0.376 e. The SMILES string of the molecule is Cc1ccc2cccc(NC(=O)c3cnc4c(c3)N(CC3CCCO3)C(=O)CN4)c2n1. The van der Waals surface area contributed by atoms with E-state index in [1.165, 1.54) is 6.20 Å². The lowest BCUT2D eigenvalue weighted by atomic mass is 10.1. The first-order chi connectivity index (χ1) is 15.1. The number of aromatic nitrogens is 2. The van der Waals surface area contributed by atoms with Gasteiger partial charge in [-0.1, -0.05) is 18.2 Å². The number of hydrogen-bond donors (Lipinski definition) is 2. The third-order valence-corrected chi connectivity index (χ3v) is 5.65. The van der Waals surface area contributed by atoms with Gasteiger partial charge < -0.3 is 20.3 Å². The van der Waals surface area contributed by atoms with Gasteiger partial charge in [0.1, 0.15) is 5.82 Å². The second-order valence-electron chi connectivity index (χ2n) is 7.87. The molecule has 2 N–H and O–H groups in total. The van der Waals surface area contributed by atoms with E-state index in [9.17, 15) is 9.59 Å². The van der Waals surface area contributed by atoms with E-state index in [1.807, 2.05) is 37.3 Å². The molecule has 3 aromatic rings. The molecule has 1 saturated heterocycles. The molecule has 1 atom stereocenters. The van der Waals surface area contributed by atoms with E-state index in [1.54, 1.807) is 11.0 Å². The summed E-state index contributed by atoms with van der Waals surface area (Å²) in [4.78, 5) is 36.2. The molecule has 8 heteroatoms. The van der Waals surface area contributed by atoms with Gasteiger partial charge in [-0.25, -0.2) is 4.98 Å². The van der Waals surface area contributed by atoms with Gasteiger partial charge in [0.25, 0.3) is 5.91 Å². The fraction of sp³-hybridized carbons (Fsp3) is 0.304. The number of ether oxygens (including phenoxy) is 1. The van der Waals surface area contributed by atoms with Gasteiger partial charge in [-0.05, 0) is 38.0 Å². The summed E-state index contributed by atoms with van der Waals surface area (Å²) in [6, 6.07) is 11.3. The van der Waals surface area contributed by atoms with Crippen LogP contribution in [0.4, 0.5) is 17.2 Å². The summed E-state index contributed by atoms with van der Waals surface area (Å²) in [7, 11) is 0. The van der Waals surface area contributed by atoms with Crippen molar-refractivity contribution in [2.24, 2.45) is 0 Å². The lowest BCUT2D eigenvalue weighted by Crippen LogP contribution is -2.44. The number of anilines is 3. The molecule has 0 saturated carbocycles. The average molecular weight is 417 g/mol. The first-order valence-electron chi connectivity index (χ1n) is 10.4. The molecule has 4 heterocycles. The van der Waals surface area contributed by atoms with Gasteiger partial charge in [-0.3, -0.25) is 14.6 Å². The number of nitrogens with zero attached hydrogens (tertiary/aromatic N) is 3. The molecule has 2 aliphatic rings. The van der Waals surface area contributed by atoms with Crippen molar-refractivity contribution in [3.8, 4) is 0 Å². The van der Waals surface area contributed by atoms with E-state index in [-0.39, 0.29) is 24.5 Å². The molecule has 1 fully saturated rings. The zero-order valence-corrected chi connectivity index (χ0v) is 17.2. The standard InChI is InChI=1S/C23H23N5O3/c1-14-7-8-15-4-2-6-18(21(15)26-14)27-23(30)16-10-19-22(24-11-16)25-12-20(29)28(19)13-17-5-3-9-31-17/h2,4,6-8,10-11,17H,3,5,9,12-13H2,1H3,(H,24,25)(H,27,30). The first kappa shape index (κ1) is 19.4. The van der Waals surface area contributed by atoms with Gasteiger partial charge in [0.2, 0.25) is 5.91 Å². The summed E-state index contributed by atoms with van der Waals surface area (Å²) in [5, 5.41) is 6.92. The van der Waals surface area contributed by atoms with Gasteiger partial charge in [-0.15, -0.1) is 0 Å². The van der Waals surface area contributed by atoms with Crippen LogP contribution in [-0.4, -0.2) is 47.6 Å². The quantitative estimate of drug-likeness (QED) is 0.677. The van der Waals surface area contributed by atoms with Gasteiger partial charge in [0.15, 0.2) is 0 Å².